The summed E-state index contributed by atoms with van der Waals surface area (Å²) in [6.45, 7) is 0.797. The van der Waals surface area contributed by atoms with E-state index < -0.39 is 6.10 Å². The van der Waals surface area contributed by atoms with Crippen molar-refractivity contribution < 1.29 is 9.84 Å². The summed E-state index contributed by atoms with van der Waals surface area (Å²) in [5.41, 5.74) is 1.86. The Hall–Kier alpha value is -1.80. The van der Waals surface area contributed by atoms with Crippen LogP contribution in [0.4, 0.5) is 0 Å². The molecule has 1 aromatic heterocycles. The fourth-order valence-corrected chi connectivity index (χ4v) is 2.56. The van der Waals surface area contributed by atoms with Crippen molar-refractivity contribution in [1.29, 1.82) is 0 Å². The molecular weight excluding hydrogens is 408 g/mol. The summed E-state index contributed by atoms with van der Waals surface area (Å²) >= 11 is 9.22. The summed E-state index contributed by atoms with van der Waals surface area (Å²) in [5.74, 6) is 0.516. The van der Waals surface area contributed by atoms with Gasteiger partial charge in [0.05, 0.1) is 25.9 Å². The van der Waals surface area contributed by atoms with Crippen LogP contribution in [-0.4, -0.2) is 38.0 Å². The van der Waals surface area contributed by atoms with Gasteiger partial charge >= 0.3 is 0 Å². The first-order chi connectivity index (χ1) is 12.1. The van der Waals surface area contributed by atoms with E-state index in [4.69, 9.17) is 16.3 Å². The molecule has 0 saturated heterocycles. The van der Waals surface area contributed by atoms with E-state index in [9.17, 15) is 5.11 Å². The third kappa shape index (κ3) is 5.34. The van der Waals surface area contributed by atoms with Crippen molar-refractivity contribution in [1.82, 2.24) is 20.2 Å². The molecule has 0 amide bonds. The molecule has 1 N–H and O–H groups in total. The second-order valence-corrected chi connectivity index (χ2v) is 6.82. The lowest BCUT2D eigenvalue weighted by Gasteiger charge is -2.10. The largest absolute Gasteiger partial charge is 0.389 e. The van der Waals surface area contributed by atoms with Crippen LogP contribution in [0, 0.1) is 0 Å². The van der Waals surface area contributed by atoms with Crippen molar-refractivity contribution in [3.63, 3.8) is 0 Å². The Balaban J connectivity index is 1.48. The lowest BCUT2D eigenvalue weighted by atomic mass is 10.2. The lowest BCUT2D eigenvalue weighted by Crippen LogP contribution is -2.23. The first kappa shape index (κ1) is 18.0. The lowest BCUT2D eigenvalue weighted by molar-refractivity contribution is 0.0165. The van der Waals surface area contributed by atoms with E-state index in [1.165, 1.54) is 4.80 Å². The Morgan fingerprint density at radius 3 is 2.56 bits per heavy atom. The van der Waals surface area contributed by atoms with Crippen LogP contribution in [0.25, 0.3) is 11.4 Å². The van der Waals surface area contributed by atoms with Crippen molar-refractivity contribution in [3.8, 4) is 11.4 Å². The fraction of sp³-hybridized carbons (Fsp3) is 0.235. The summed E-state index contributed by atoms with van der Waals surface area (Å²) < 4.78 is 6.49. The minimum Gasteiger partial charge on any atom is -0.389 e. The molecule has 130 valence electrons. The molecule has 0 fully saturated rings. The maximum Gasteiger partial charge on any atom is 0.204 e. The van der Waals surface area contributed by atoms with Crippen LogP contribution in [0.1, 0.15) is 5.56 Å². The highest BCUT2D eigenvalue weighted by Gasteiger charge is 2.10. The van der Waals surface area contributed by atoms with Crippen molar-refractivity contribution in [2.24, 2.45) is 0 Å². The van der Waals surface area contributed by atoms with Crippen molar-refractivity contribution in [3.05, 3.63) is 63.6 Å². The van der Waals surface area contributed by atoms with Crippen LogP contribution in [0.5, 0.6) is 0 Å². The molecule has 0 saturated carbocycles. The molecular formula is C17H16BrClN4O2. The normalized spacial score (nSPS) is 12.3. The molecule has 1 heterocycles. The van der Waals surface area contributed by atoms with Gasteiger partial charge in [-0.3, -0.25) is 0 Å². The smallest absolute Gasteiger partial charge is 0.204 e. The first-order valence-electron chi connectivity index (χ1n) is 7.64. The van der Waals surface area contributed by atoms with Gasteiger partial charge in [0, 0.05) is 15.1 Å². The highest BCUT2D eigenvalue weighted by atomic mass is 79.9. The molecule has 3 aromatic rings. The minimum absolute atomic E-state index is 0.178. The van der Waals surface area contributed by atoms with Gasteiger partial charge in [0.25, 0.3) is 0 Å². The highest BCUT2D eigenvalue weighted by Crippen LogP contribution is 2.17. The zero-order chi connectivity index (χ0) is 17.6. The second kappa shape index (κ2) is 8.53. The van der Waals surface area contributed by atoms with E-state index in [1.807, 2.05) is 36.4 Å². The van der Waals surface area contributed by atoms with Gasteiger partial charge in [-0.1, -0.05) is 39.7 Å². The first-order valence-corrected chi connectivity index (χ1v) is 8.81. The average Bonchev–Trinajstić information content (AvgIpc) is 3.06. The number of nitrogens with zero attached hydrogens (tertiary/aromatic N) is 4. The third-order valence-electron chi connectivity index (χ3n) is 3.42. The van der Waals surface area contributed by atoms with E-state index >= 15 is 0 Å². The van der Waals surface area contributed by atoms with Crippen LogP contribution in [-0.2, 0) is 17.9 Å². The van der Waals surface area contributed by atoms with Crippen molar-refractivity contribution in [2.75, 3.05) is 6.61 Å². The molecule has 25 heavy (non-hydrogen) atoms. The number of ether oxygens (including phenoxy) is 1. The number of hydrogen-bond acceptors (Lipinski definition) is 5. The minimum atomic E-state index is -0.723. The van der Waals surface area contributed by atoms with Crippen molar-refractivity contribution >= 4 is 27.5 Å². The summed E-state index contributed by atoms with van der Waals surface area (Å²) in [4.78, 5) is 1.37. The van der Waals surface area contributed by atoms with Crippen LogP contribution in [0.3, 0.4) is 0 Å². The quantitative estimate of drug-likeness (QED) is 0.631. The van der Waals surface area contributed by atoms with Crippen LogP contribution < -0.4 is 0 Å². The number of aromatic nitrogens is 4. The number of halogens is 2. The molecule has 0 aliphatic heterocycles. The summed E-state index contributed by atoms with van der Waals surface area (Å²) in [5, 5.41) is 23.0. The maximum absolute atomic E-state index is 10.1. The van der Waals surface area contributed by atoms with E-state index in [0.717, 1.165) is 15.6 Å². The third-order valence-corrected chi connectivity index (χ3v) is 4.20. The SMILES string of the molecule is O[C@@H](COCc1ccc(Cl)cc1)Cn1nnc(-c2ccc(Br)cc2)n1. The number of tetrazole rings is 1. The molecule has 0 unspecified atom stereocenters. The van der Waals surface area contributed by atoms with Gasteiger partial charge < -0.3 is 9.84 Å². The fourth-order valence-electron chi connectivity index (χ4n) is 2.17. The summed E-state index contributed by atoms with van der Waals surface area (Å²) in [6, 6.07) is 15.0. The molecule has 0 aliphatic carbocycles. The van der Waals surface area contributed by atoms with E-state index in [2.05, 4.69) is 31.3 Å². The molecule has 0 aliphatic rings. The second-order valence-electron chi connectivity index (χ2n) is 5.47. The number of rotatable bonds is 7. The van der Waals surface area contributed by atoms with Crippen molar-refractivity contribution in [2.45, 2.75) is 19.3 Å². The summed E-state index contributed by atoms with van der Waals surface area (Å²) in [6.07, 6.45) is -0.723. The maximum atomic E-state index is 10.1. The number of benzene rings is 2. The predicted octanol–water partition coefficient (Wildman–Crippen LogP) is 3.33. The molecule has 3 rings (SSSR count). The van der Waals surface area contributed by atoms with Gasteiger partial charge in [0.15, 0.2) is 0 Å². The van der Waals surface area contributed by atoms with Gasteiger partial charge in [-0.2, -0.15) is 4.80 Å². The van der Waals surface area contributed by atoms with Gasteiger partial charge in [0.2, 0.25) is 5.82 Å². The van der Waals surface area contributed by atoms with E-state index in [-0.39, 0.29) is 13.2 Å². The molecule has 8 heteroatoms. The molecule has 0 spiro atoms. The standard InChI is InChI=1S/C17H16BrClN4O2/c18-14-5-3-13(4-6-14)17-20-22-23(21-17)9-16(24)11-25-10-12-1-7-15(19)8-2-12/h1-8,16,24H,9-11H2/t16-/m1/s1. The molecule has 6 nitrogen and oxygen atoms in total. The Labute approximate surface area is 158 Å². The molecule has 0 radical (unpaired) electrons. The van der Waals surface area contributed by atoms with Gasteiger partial charge in [-0.05, 0) is 47.2 Å². The molecule has 1 atom stereocenters. The van der Waals surface area contributed by atoms with E-state index in [1.54, 1.807) is 12.1 Å². The Morgan fingerprint density at radius 2 is 1.84 bits per heavy atom. The van der Waals surface area contributed by atoms with Crippen LogP contribution >= 0.6 is 27.5 Å². The van der Waals surface area contributed by atoms with Gasteiger partial charge in [-0.15, -0.1) is 10.2 Å². The molecule has 0 bridgehead atoms. The average molecular weight is 424 g/mol. The topological polar surface area (TPSA) is 73.1 Å². The Bertz CT molecular complexity index is 808. The van der Waals surface area contributed by atoms with Crippen LogP contribution in [0.2, 0.25) is 5.02 Å². The predicted molar refractivity (Wildman–Crippen MR) is 98.1 cm³/mol. The van der Waals surface area contributed by atoms with Crippen LogP contribution in [0.15, 0.2) is 53.0 Å². The zero-order valence-electron chi connectivity index (χ0n) is 13.2. The number of aliphatic hydroxyl groups is 1. The Kier molecular flexibility index (Phi) is 6.14. The van der Waals surface area contributed by atoms with Gasteiger partial charge in [-0.25, -0.2) is 0 Å². The van der Waals surface area contributed by atoms with Gasteiger partial charge in [0.1, 0.15) is 0 Å². The monoisotopic (exact) mass is 422 g/mol. The highest BCUT2D eigenvalue weighted by molar-refractivity contribution is 9.10. The number of aliphatic hydroxyl groups excluding tert-OH is 1. The molecule has 2 aromatic carbocycles. The zero-order valence-corrected chi connectivity index (χ0v) is 15.6. The summed E-state index contributed by atoms with van der Waals surface area (Å²) in [7, 11) is 0. The Morgan fingerprint density at radius 1 is 1.12 bits per heavy atom. The number of hydrogen-bond donors (Lipinski definition) is 1. The van der Waals surface area contributed by atoms with E-state index in [0.29, 0.717) is 17.5 Å².